The second-order valence-corrected chi connectivity index (χ2v) is 4.41. The van der Waals surface area contributed by atoms with E-state index >= 15 is 0 Å². The van der Waals surface area contributed by atoms with E-state index in [-0.39, 0.29) is 0 Å². The lowest BCUT2D eigenvalue weighted by molar-refractivity contribution is -0.0164. The number of aliphatic hydroxyl groups is 1. The van der Waals surface area contributed by atoms with E-state index in [1.807, 2.05) is 13.2 Å². The minimum absolute atomic E-state index is 0.457. The molecule has 1 saturated heterocycles. The van der Waals surface area contributed by atoms with Gasteiger partial charge in [0.2, 0.25) is 0 Å². The third kappa shape index (κ3) is 3.31. The van der Waals surface area contributed by atoms with Gasteiger partial charge in [-0.1, -0.05) is 0 Å². The highest BCUT2D eigenvalue weighted by Crippen LogP contribution is 2.10. The molecule has 1 rings (SSSR count). The van der Waals surface area contributed by atoms with E-state index in [0.29, 0.717) is 12.6 Å². The van der Waals surface area contributed by atoms with Crippen LogP contribution in [0.25, 0.3) is 0 Å². The lowest BCUT2D eigenvalue weighted by atomic mass is 10.1. The number of ether oxygens (including phenoxy) is 1. The fourth-order valence-corrected chi connectivity index (χ4v) is 1.80. The summed E-state index contributed by atoms with van der Waals surface area (Å²) < 4.78 is 5.01. The zero-order chi connectivity index (χ0) is 9.03. The molecule has 0 bridgehead atoms. The summed E-state index contributed by atoms with van der Waals surface area (Å²) >= 11 is 1.66. The molecule has 4 heteroatoms. The average molecular weight is 191 g/mol. The fourth-order valence-electron chi connectivity index (χ4n) is 1.08. The highest BCUT2D eigenvalue weighted by Gasteiger charge is 2.24. The van der Waals surface area contributed by atoms with Gasteiger partial charge in [-0.3, -0.25) is 0 Å². The highest BCUT2D eigenvalue weighted by atomic mass is 32.2. The van der Waals surface area contributed by atoms with Gasteiger partial charge in [0.05, 0.1) is 24.9 Å². The maximum Gasteiger partial charge on any atom is 0.0833 e. The van der Waals surface area contributed by atoms with Gasteiger partial charge >= 0.3 is 0 Å². The Morgan fingerprint density at radius 2 is 2.33 bits per heavy atom. The second-order valence-electron chi connectivity index (χ2n) is 3.55. The maximum absolute atomic E-state index is 9.76. The molecule has 1 unspecified atom stereocenters. The molecule has 1 aliphatic heterocycles. The molecule has 0 aromatic rings. The van der Waals surface area contributed by atoms with Gasteiger partial charge in [-0.05, 0) is 13.2 Å². The number of hydrogen-bond donors (Lipinski definition) is 2. The summed E-state index contributed by atoms with van der Waals surface area (Å²) in [6.07, 6.45) is 2.00. The highest BCUT2D eigenvalue weighted by molar-refractivity contribution is 7.98. The van der Waals surface area contributed by atoms with Crippen molar-refractivity contribution in [3.05, 3.63) is 0 Å². The Labute approximate surface area is 77.9 Å². The van der Waals surface area contributed by atoms with Gasteiger partial charge in [0, 0.05) is 12.3 Å². The van der Waals surface area contributed by atoms with Crippen LogP contribution in [0.2, 0.25) is 0 Å². The van der Waals surface area contributed by atoms with Crippen molar-refractivity contribution in [1.29, 1.82) is 0 Å². The van der Waals surface area contributed by atoms with Gasteiger partial charge in [0.25, 0.3) is 0 Å². The first-order valence-electron chi connectivity index (χ1n) is 4.16. The average Bonchev–Trinajstić information content (AvgIpc) is 1.82. The van der Waals surface area contributed by atoms with Crippen molar-refractivity contribution in [2.45, 2.75) is 18.6 Å². The van der Waals surface area contributed by atoms with E-state index in [1.54, 1.807) is 11.8 Å². The lowest BCUT2D eigenvalue weighted by Crippen LogP contribution is -2.51. The first-order valence-corrected chi connectivity index (χ1v) is 5.56. The molecule has 0 amide bonds. The predicted octanol–water partition coefficient (Wildman–Crippen LogP) is 0.0888. The summed E-state index contributed by atoms with van der Waals surface area (Å²) in [5, 5.41) is 13.0. The minimum Gasteiger partial charge on any atom is -0.388 e. The molecule has 12 heavy (non-hydrogen) atoms. The minimum atomic E-state index is -0.588. The van der Waals surface area contributed by atoms with Crippen LogP contribution in [-0.2, 0) is 4.74 Å². The zero-order valence-corrected chi connectivity index (χ0v) is 8.49. The van der Waals surface area contributed by atoms with E-state index in [1.165, 1.54) is 0 Å². The Balaban J connectivity index is 2.10. The van der Waals surface area contributed by atoms with E-state index in [4.69, 9.17) is 4.74 Å². The van der Waals surface area contributed by atoms with E-state index in [9.17, 15) is 5.11 Å². The van der Waals surface area contributed by atoms with Crippen LogP contribution < -0.4 is 5.32 Å². The van der Waals surface area contributed by atoms with Crippen LogP contribution in [0.4, 0.5) is 0 Å². The summed E-state index contributed by atoms with van der Waals surface area (Å²) in [6.45, 7) is 4.09. The number of rotatable bonds is 5. The van der Waals surface area contributed by atoms with Crippen molar-refractivity contribution >= 4 is 11.8 Å². The molecule has 1 atom stereocenters. The molecule has 0 spiro atoms. The molecule has 1 heterocycles. The van der Waals surface area contributed by atoms with Gasteiger partial charge in [-0.2, -0.15) is 11.8 Å². The van der Waals surface area contributed by atoms with Crippen LogP contribution in [0.3, 0.4) is 0 Å². The summed E-state index contributed by atoms with van der Waals surface area (Å²) in [4.78, 5) is 0. The summed E-state index contributed by atoms with van der Waals surface area (Å²) in [5.74, 6) is 0.771. The van der Waals surface area contributed by atoms with Crippen LogP contribution in [0.5, 0.6) is 0 Å². The van der Waals surface area contributed by atoms with Crippen molar-refractivity contribution in [1.82, 2.24) is 5.32 Å². The van der Waals surface area contributed by atoms with Crippen LogP contribution in [0.15, 0.2) is 0 Å². The SMILES string of the molecule is CSCC(C)(O)CNC1COC1. The topological polar surface area (TPSA) is 41.5 Å². The molecular weight excluding hydrogens is 174 g/mol. The van der Waals surface area contributed by atoms with Gasteiger partial charge in [0.1, 0.15) is 0 Å². The number of hydrogen-bond acceptors (Lipinski definition) is 4. The maximum atomic E-state index is 9.76. The largest absolute Gasteiger partial charge is 0.388 e. The molecule has 0 aromatic carbocycles. The monoisotopic (exact) mass is 191 g/mol. The van der Waals surface area contributed by atoms with Gasteiger partial charge < -0.3 is 15.2 Å². The number of nitrogens with one attached hydrogen (secondary N) is 1. The van der Waals surface area contributed by atoms with Gasteiger partial charge in [-0.15, -0.1) is 0 Å². The fraction of sp³-hybridized carbons (Fsp3) is 1.00. The molecule has 0 aliphatic carbocycles. The quantitative estimate of drug-likeness (QED) is 0.646. The van der Waals surface area contributed by atoms with Crippen LogP contribution >= 0.6 is 11.8 Å². The molecule has 0 saturated carbocycles. The lowest BCUT2D eigenvalue weighted by Gasteiger charge is -2.31. The van der Waals surface area contributed by atoms with Crippen LogP contribution in [-0.4, -0.2) is 48.5 Å². The molecule has 3 nitrogen and oxygen atoms in total. The van der Waals surface area contributed by atoms with Crippen molar-refractivity contribution in [3.63, 3.8) is 0 Å². The van der Waals surface area contributed by atoms with Crippen LogP contribution in [0, 0.1) is 0 Å². The van der Waals surface area contributed by atoms with Crippen LogP contribution in [0.1, 0.15) is 6.92 Å². The molecule has 72 valence electrons. The molecule has 2 N–H and O–H groups in total. The predicted molar refractivity (Wildman–Crippen MR) is 51.6 cm³/mol. The Kier molecular flexibility index (Phi) is 3.83. The molecule has 0 aromatic heterocycles. The Bertz CT molecular complexity index is 137. The Hall–Kier alpha value is 0.230. The smallest absolute Gasteiger partial charge is 0.0833 e. The van der Waals surface area contributed by atoms with E-state index in [0.717, 1.165) is 19.0 Å². The summed E-state index contributed by atoms with van der Waals surface area (Å²) in [7, 11) is 0. The third-order valence-electron chi connectivity index (χ3n) is 1.86. The molecule has 1 fully saturated rings. The third-order valence-corrected chi connectivity index (χ3v) is 2.78. The van der Waals surface area contributed by atoms with Gasteiger partial charge in [0.15, 0.2) is 0 Å². The molecule has 0 radical (unpaired) electrons. The van der Waals surface area contributed by atoms with Crippen molar-refractivity contribution < 1.29 is 9.84 Å². The molecular formula is C8H17NO2S. The normalized spacial score (nSPS) is 23.2. The molecule has 1 aliphatic rings. The second kappa shape index (κ2) is 4.46. The van der Waals surface area contributed by atoms with E-state index in [2.05, 4.69) is 5.32 Å². The number of thioether (sulfide) groups is 1. The van der Waals surface area contributed by atoms with Crippen molar-refractivity contribution in [2.75, 3.05) is 31.8 Å². The Morgan fingerprint density at radius 3 is 2.75 bits per heavy atom. The summed E-state index contributed by atoms with van der Waals surface area (Å²) in [6, 6.07) is 0.457. The van der Waals surface area contributed by atoms with E-state index < -0.39 is 5.60 Å². The summed E-state index contributed by atoms with van der Waals surface area (Å²) in [5.41, 5.74) is -0.588. The first-order chi connectivity index (χ1) is 5.64. The standard InChI is InChI=1S/C8H17NO2S/c1-8(10,6-12-2)5-9-7-3-11-4-7/h7,9-10H,3-6H2,1-2H3. The zero-order valence-electron chi connectivity index (χ0n) is 7.67. The van der Waals surface area contributed by atoms with Crippen molar-refractivity contribution in [2.24, 2.45) is 0 Å². The Morgan fingerprint density at radius 1 is 1.67 bits per heavy atom. The van der Waals surface area contributed by atoms with Crippen molar-refractivity contribution in [3.8, 4) is 0 Å². The first kappa shape index (κ1) is 10.3. The van der Waals surface area contributed by atoms with Gasteiger partial charge in [-0.25, -0.2) is 0 Å².